The highest BCUT2D eigenvalue weighted by atomic mass is 35.5. The van der Waals surface area contributed by atoms with E-state index in [-0.39, 0.29) is 46.0 Å². The summed E-state index contributed by atoms with van der Waals surface area (Å²) in [5.74, 6) is 0.534. The Hall–Kier alpha value is -4.46. The highest BCUT2D eigenvalue weighted by molar-refractivity contribution is 7.89. The average molecular weight is 598 g/mol. The molecule has 1 atom stereocenters. The number of methoxy groups -OCH3 is 1. The van der Waals surface area contributed by atoms with E-state index in [9.17, 15) is 23.3 Å². The summed E-state index contributed by atoms with van der Waals surface area (Å²) in [5, 5.41) is 12.9. The molecule has 0 radical (unpaired) electrons. The van der Waals surface area contributed by atoms with Crippen molar-refractivity contribution < 1.29 is 27.6 Å². The fraction of sp³-hybridized carbons (Fsp3) is 0.185. The molecule has 1 aromatic heterocycles. The van der Waals surface area contributed by atoms with Crippen LogP contribution in [0.2, 0.25) is 5.02 Å². The van der Waals surface area contributed by atoms with Gasteiger partial charge in [0.25, 0.3) is 0 Å². The molecule has 1 saturated heterocycles. The molecule has 3 N–H and O–H groups in total. The van der Waals surface area contributed by atoms with Gasteiger partial charge >= 0.3 is 5.69 Å². The summed E-state index contributed by atoms with van der Waals surface area (Å²) in [7, 11) is -2.54. The predicted octanol–water partition coefficient (Wildman–Crippen LogP) is 4.26. The number of nitrogen functional groups attached to an aromatic ring is 1. The van der Waals surface area contributed by atoms with Crippen LogP contribution in [0.3, 0.4) is 0 Å². The van der Waals surface area contributed by atoms with Gasteiger partial charge in [0.2, 0.25) is 21.7 Å². The summed E-state index contributed by atoms with van der Waals surface area (Å²) >= 11 is 6.06. The van der Waals surface area contributed by atoms with Crippen LogP contribution in [0.5, 0.6) is 17.2 Å². The van der Waals surface area contributed by atoms with Gasteiger partial charge in [0.1, 0.15) is 23.4 Å². The van der Waals surface area contributed by atoms with Crippen molar-refractivity contribution in [2.45, 2.75) is 23.9 Å². The van der Waals surface area contributed by atoms with Gasteiger partial charge < -0.3 is 20.1 Å². The number of benzene rings is 3. The van der Waals surface area contributed by atoms with Gasteiger partial charge in [0.05, 0.1) is 22.0 Å². The van der Waals surface area contributed by atoms with Crippen LogP contribution in [0, 0.1) is 10.1 Å². The zero-order chi connectivity index (χ0) is 29.3. The molecule has 1 amide bonds. The molecule has 1 aliphatic rings. The standard InChI is InChI=1S/C27H24ClN5O7S/c1-39-24-14-16-9-11-30-26(29)20(16)13-17(24)15-32-12-10-22(27(32)34)31-41(37,38)19-7-5-18(6-8-19)40-25-21(28)3-2-4-23(25)33(35)36/h2-9,11,13-14,22,31H,10,12,15H2,1H3,(H2,29,30)/t22-/m0/s1. The number of hydrogen-bond acceptors (Lipinski definition) is 9. The van der Waals surface area contributed by atoms with E-state index in [0.29, 0.717) is 23.7 Å². The number of hydrogen-bond donors (Lipinski definition) is 2. The highest BCUT2D eigenvalue weighted by Crippen LogP contribution is 2.38. The lowest BCUT2D eigenvalue weighted by Gasteiger charge is -2.19. The van der Waals surface area contributed by atoms with Crippen molar-refractivity contribution >= 4 is 49.8 Å². The summed E-state index contributed by atoms with van der Waals surface area (Å²) in [5.41, 5.74) is 6.40. The second-order valence-electron chi connectivity index (χ2n) is 9.22. The molecular weight excluding hydrogens is 574 g/mol. The maximum atomic E-state index is 13.2. The van der Waals surface area contributed by atoms with Crippen LogP contribution in [0.15, 0.2) is 71.8 Å². The number of fused-ring (bicyclic) bond motifs is 1. The molecule has 4 aromatic rings. The Kier molecular flexibility index (Phi) is 7.67. The molecule has 1 aliphatic heterocycles. The van der Waals surface area contributed by atoms with Gasteiger partial charge in [-0.1, -0.05) is 17.7 Å². The van der Waals surface area contributed by atoms with Crippen molar-refractivity contribution in [3.8, 4) is 17.2 Å². The molecule has 2 heterocycles. The Labute approximate surface area is 239 Å². The minimum absolute atomic E-state index is 0.0308. The molecule has 0 spiro atoms. The number of pyridine rings is 1. The minimum Gasteiger partial charge on any atom is -0.496 e. The Morgan fingerprint density at radius 1 is 1.20 bits per heavy atom. The van der Waals surface area contributed by atoms with E-state index < -0.39 is 21.0 Å². The Balaban J connectivity index is 1.28. The molecule has 12 nitrogen and oxygen atoms in total. The zero-order valence-corrected chi connectivity index (χ0v) is 23.2. The van der Waals surface area contributed by atoms with Crippen LogP contribution in [0.1, 0.15) is 12.0 Å². The second kappa shape index (κ2) is 11.2. The third-order valence-corrected chi connectivity index (χ3v) is 8.43. The number of ether oxygens (including phenoxy) is 2. The second-order valence-corrected chi connectivity index (χ2v) is 11.3. The van der Waals surface area contributed by atoms with E-state index in [2.05, 4.69) is 9.71 Å². The maximum absolute atomic E-state index is 13.2. The van der Waals surface area contributed by atoms with E-state index in [1.807, 2.05) is 18.2 Å². The van der Waals surface area contributed by atoms with Crippen molar-refractivity contribution in [2.24, 2.45) is 0 Å². The monoisotopic (exact) mass is 597 g/mol. The lowest BCUT2D eigenvalue weighted by atomic mass is 10.1. The van der Waals surface area contributed by atoms with Gasteiger partial charge in [0.15, 0.2) is 0 Å². The number of likely N-dealkylation sites (tertiary alicyclic amines) is 1. The fourth-order valence-electron chi connectivity index (χ4n) is 4.59. The number of para-hydroxylation sites is 1. The summed E-state index contributed by atoms with van der Waals surface area (Å²) in [4.78, 5) is 29.4. The molecule has 0 aliphatic carbocycles. The number of sulfonamides is 1. The van der Waals surface area contributed by atoms with Gasteiger partial charge in [0, 0.05) is 36.3 Å². The quantitative estimate of drug-likeness (QED) is 0.211. The molecule has 41 heavy (non-hydrogen) atoms. The van der Waals surface area contributed by atoms with Crippen molar-refractivity contribution in [1.82, 2.24) is 14.6 Å². The summed E-state index contributed by atoms with van der Waals surface area (Å²) in [6.45, 7) is 0.532. The van der Waals surface area contributed by atoms with Gasteiger partial charge in [-0.2, -0.15) is 4.72 Å². The van der Waals surface area contributed by atoms with Gasteiger partial charge in [-0.25, -0.2) is 13.4 Å². The molecule has 3 aromatic carbocycles. The first kappa shape index (κ1) is 28.1. The number of rotatable bonds is 9. The normalized spacial score (nSPS) is 15.3. The van der Waals surface area contributed by atoms with E-state index in [1.165, 1.54) is 49.6 Å². The molecule has 0 bridgehead atoms. The molecule has 1 fully saturated rings. The molecule has 14 heteroatoms. The van der Waals surface area contributed by atoms with Gasteiger partial charge in [-0.3, -0.25) is 14.9 Å². The van der Waals surface area contributed by atoms with Crippen LogP contribution in [-0.4, -0.2) is 48.8 Å². The van der Waals surface area contributed by atoms with Crippen LogP contribution in [0.4, 0.5) is 11.5 Å². The van der Waals surface area contributed by atoms with E-state index in [4.69, 9.17) is 26.8 Å². The largest absolute Gasteiger partial charge is 0.496 e. The summed E-state index contributed by atoms with van der Waals surface area (Å²) in [6, 6.07) is 13.8. The number of amides is 1. The molecule has 5 rings (SSSR count). The average Bonchev–Trinajstić information content (AvgIpc) is 3.27. The first-order valence-electron chi connectivity index (χ1n) is 12.3. The Morgan fingerprint density at radius 2 is 1.95 bits per heavy atom. The third kappa shape index (κ3) is 5.73. The Bertz CT molecular complexity index is 1770. The summed E-state index contributed by atoms with van der Waals surface area (Å²) in [6.07, 6.45) is 1.87. The van der Waals surface area contributed by atoms with Gasteiger partial charge in [-0.05, 0) is 60.3 Å². The van der Waals surface area contributed by atoms with Crippen molar-refractivity contribution in [3.63, 3.8) is 0 Å². The SMILES string of the molecule is COc1cc2ccnc(N)c2cc1CN1CC[C@H](NS(=O)(=O)c2ccc(Oc3c(Cl)cccc3[N+](=O)[O-])cc2)C1=O. The lowest BCUT2D eigenvalue weighted by molar-refractivity contribution is -0.385. The fourth-order valence-corrected chi connectivity index (χ4v) is 6.03. The number of halogens is 1. The van der Waals surface area contributed by atoms with Gasteiger partial charge in [-0.15, -0.1) is 0 Å². The van der Waals surface area contributed by atoms with E-state index in [1.54, 1.807) is 11.1 Å². The zero-order valence-electron chi connectivity index (χ0n) is 21.6. The third-order valence-electron chi connectivity index (χ3n) is 6.65. The lowest BCUT2D eigenvalue weighted by Crippen LogP contribution is -2.41. The smallest absolute Gasteiger partial charge is 0.313 e. The van der Waals surface area contributed by atoms with Crippen LogP contribution >= 0.6 is 11.6 Å². The number of nitrogens with two attached hydrogens (primary N) is 1. The number of nitrogens with zero attached hydrogens (tertiary/aromatic N) is 3. The summed E-state index contributed by atoms with van der Waals surface area (Å²) < 4.78 is 39.7. The van der Waals surface area contributed by atoms with E-state index in [0.717, 1.165) is 10.8 Å². The number of nitrogens with one attached hydrogen (secondary N) is 1. The number of anilines is 1. The molecule has 0 saturated carbocycles. The van der Waals surface area contributed by atoms with Crippen molar-refractivity contribution in [3.05, 3.63) is 87.6 Å². The number of nitro benzene ring substituents is 1. The first-order valence-corrected chi connectivity index (χ1v) is 14.2. The number of carbonyl (C=O) groups excluding carboxylic acids is 1. The van der Waals surface area contributed by atoms with Crippen LogP contribution in [0.25, 0.3) is 10.8 Å². The molecule has 212 valence electrons. The van der Waals surface area contributed by atoms with Crippen LogP contribution < -0.4 is 19.9 Å². The molecule has 0 unspecified atom stereocenters. The van der Waals surface area contributed by atoms with E-state index >= 15 is 0 Å². The first-order chi connectivity index (χ1) is 19.6. The maximum Gasteiger partial charge on any atom is 0.313 e. The highest BCUT2D eigenvalue weighted by Gasteiger charge is 2.35. The van der Waals surface area contributed by atoms with Crippen molar-refractivity contribution in [1.29, 1.82) is 0 Å². The topological polar surface area (TPSA) is 167 Å². The van der Waals surface area contributed by atoms with Crippen LogP contribution in [-0.2, 0) is 21.4 Å². The number of aromatic nitrogens is 1. The minimum atomic E-state index is -4.08. The number of carbonyl (C=O) groups is 1. The number of nitro groups is 1. The molecular formula is C27H24ClN5O7S. The Morgan fingerprint density at radius 3 is 2.66 bits per heavy atom. The van der Waals surface area contributed by atoms with Crippen molar-refractivity contribution in [2.75, 3.05) is 19.4 Å². The predicted molar refractivity (Wildman–Crippen MR) is 151 cm³/mol.